The van der Waals surface area contributed by atoms with Crippen LogP contribution in [0.15, 0.2) is 36.4 Å². The lowest BCUT2D eigenvalue weighted by molar-refractivity contribution is -0.137. The summed E-state index contributed by atoms with van der Waals surface area (Å²) in [5, 5.41) is 2.43. The van der Waals surface area contributed by atoms with Gasteiger partial charge in [0.25, 0.3) is 0 Å². The second-order valence-electron chi connectivity index (χ2n) is 5.08. The maximum absolute atomic E-state index is 12.9. The zero-order valence-electron chi connectivity index (χ0n) is 12.5. The maximum Gasteiger partial charge on any atom is 0.417 e. The monoisotopic (exact) mass is 405 g/mol. The molecule has 0 radical (unpaired) electrons. The van der Waals surface area contributed by atoms with Crippen LogP contribution in [0.5, 0.6) is 11.5 Å². The summed E-state index contributed by atoms with van der Waals surface area (Å²) in [5.74, 6) is 1.90. The summed E-state index contributed by atoms with van der Waals surface area (Å²) >= 11 is 12.1. The summed E-state index contributed by atoms with van der Waals surface area (Å²) < 4.78 is 49.5. The topological polar surface area (TPSA) is 30.5 Å². The molecule has 0 saturated heterocycles. The fourth-order valence-electron chi connectivity index (χ4n) is 2.15. The normalized spacial score (nSPS) is 13.0. The van der Waals surface area contributed by atoms with Crippen molar-refractivity contribution in [2.45, 2.75) is 11.9 Å². The summed E-state index contributed by atoms with van der Waals surface area (Å²) in [5.41, 5.74) is 0.299. The molecule has 1 aliphatic rings. The molecule has 3 nitrogen and oxygen atoms in total. The lowest BCUT2D eigenvalue weighted by atomic mass is 10.2. The number of ether oxygens (including phenoxy) is 2. The van der Waals surface area contributed by atoms with Gasteiger partial charge in [-0.15, -0.1) is 0 Å². The number of alkyl halides is 3. The highest BCUT2D eigenvalue weighted by atomic mass is 35.5. The Bertz CT molecular complexity index is 814. The second kappa shape index (κ2) is 7.31. The highest BCUT2D eigenvalue weighted by Crippen LogP contribution is 2.37. The maximum atomic E-state index is 12.9. The van der Waals surface area contributed by atoms with Gasteiger partial charge in [0.15, 0.2) is 11.5 Å². The molecule has 1 N–H and O–H groups in total. The molecule has 0 aliphatic carbocycles. The zero-order chi connectivity index (χ0) is 18.0. The van der Waals surface area contributed by atoms with Gasteiger partial charge >= 0.3 is 6.18 Å². The van der Waals surface area contributed by atoms with Gasteiger partial charge in [0, 0.05) is 11.4 Å². The average Bonchev–Trinajstić information content (AvgIpc) is 3.01. The number of thioether (sulfide) groups is 1. The molecule has 0 spiro atoms. The van der Waals surface area contributed by atoms with Gasteiger partial charge in [-0.05, 0) is 35.9 Å². The van der Waals surface area contributed by atoms with Crippen LogP contribution in [-0.4, -0.2) is 11.1 Å². The molecule has 25 heavy (non-hydrogen) atoms. The second-order valence-corrected chi connectivity index (χ2v) is 7.14. The first-order valence-corrected chi connectivity index (χ1v) is 8.79. The summed E-state index contributed by atoms with van der Waals surface area (Å²) in [6, 6.07) is 9.12. The first kappa shape index (κ1) is 18.2. The number of halogens is 4. The molecule has 1 aliphatic heterocycles. The minimum atomic E-state index is -4.52. The first-order chi connectivity index (χ1) is 11.8. The zero-order valence-corrected chi connectivity index (χ0v) is 14.9. The third kappa shape index (κ3) is 4.50. The number of nitrogens with one attached hydrogen (secondary N) is 1. The van der Waals surface area contributed by atoms with E-state index in [9.17, 15) is 13.2 Å². The molecule has 2 aromatic carbocycles. The molecular weight excluding hydrogens is 395 g/mol. The molecule has 0 bridgehead atoms. The van der Waals surface area contributed by atoms with E-state index in [1.807, 2.05) is 18.2 Å². The highest BCUT2D eigenvalue weighted by Gasteiger charge is 2.33. The van der Waals surface area contributed by atoms with Crippen molar-refractivity contribution in [3.8, 4) is 11.5 Å². The van der Waals surface area contributed by atoms with Crippen LogP contribution in [0.2, 0.25) is 5.02 Å². The summed E-state index contributed by atoms with van der Waals surface area (Å²) in [7, 11) is 0. The minimum Gasteiger partial charge on any atom is -0.454 e. The van der Waals surface area contributed by atoms with E-state index < -0.39 is 11.7 Å². The summed E-state index contributed by atoms with van der Waals surface area (Å²) in [6.45, 7) is 0.198. The molecule has 0 aromatic heterocycles. The van der Waals surface area contributed by atoms with Crippen molar-refractivity contribution in [2.75, 3.05) is 12.1 Å². The van der Waals surface area contributed by atoms with Gasteiger partial charge in [0.1, 0.15) is 4.32 Å². The molecule has 1 heterocycles. The van der Waals surface area contributed by atoms with Crippen LogP contribution in [0.25, 0.3) is 0 Å². The molecule has 132 valence electrons. The fraction of sp³-hybridized carbons (Fsp3) is 0.188. The molecule has 2 aromatic rings. The van der Waals surface area contributed by atoms with Crippen LogP contribution in [0, 0.1) is 0 Å². The molecule has 0 fully saturated rings. The van der Waals surface area contributed by atoms with Crippen LogP contribution in [0.4, 0.5) is 18.9 Å². The Morgan fingerprint density at radius 2 is 1.92 bits per heavy atom. The molecule has 0 amide bonds. The Kier molecular flexibility index (Phi) is 5.31. The summed E-state index contributed by atoms with van der Waals surface area (Å²) in [4.78, 5) is 0. The Hall–Kier alpha value is -1.64. The van der Waals surface area contributed by atoms with Crippen molar-refractivity contribution >= 4 is 45.6 Å². The quantitative estimate of drug-likeness (QED) is 0.660. The van der Waals surface area contributed by atoms with Crippen LogP contribution in [-0.2, 0) is 11.9 Å². The van der Waals surface area contributed by atoms with Gasteiger partial charge < -0.3 is 14.8 Å². The average molecular weight is 406 g/mol. The standard InChI is InChI=1S/C16H11ClF3NO2S2/c17-12-3-2-10(6-11(12)16(18,19)20)21-15(24)25-7-9-1-4-13-14(5-9)23-8-22-13/h1-6H,7-8H2,(H,21,24). The third-order valence-electron chi connectivity index (χ3n) is 3.33. The number of hydrogen-bond acceptors (Lipinski definition) is 4. The van der Waals surface area contributed by atoms with E-state index >= 15 is 0 Å². The van der Waals surface area contributed by atoms with Crippen LogP contribution in [0.3, 0.4) is 0 Å². The van der Waals surface area contributed by atoms with E-state index in [2.05, 4.69) is 5.32 Å². The van der Waals surface area contributed by atoms with Gasteiger partial charge in [-0.3, -0.25) is 0 Å². The van der Waals surface area contributed by atoms with Crippen molar-refractivity contribution in [2.24, 2.45) is 0 Å². The van der Waals surface area contributed by atoms with E-state index in [0.717, 1.165) is 11.6 Å². The van der Waals surface area contributed by atoms with Crippen molar-refractivity contribution in [1.82, 2.24) is 0 Å². The predicted molar refractivity (Wildman–Crippen MR) is 96.5 cm³/mol. The number of fused-ring (bicyclic) bond motifs is 1. The van der Waals surface area contributed by atoms with E-state index in [0.29, 0.717) is 21.6 Å². The van der Waals surface area contributed by atoms with E-state index in [4.69, 9.17) is 33.3 Å². The van der Waals surface area contributed by atoms with E-state index in [1.54, 1.807) is 0 Å². The molecule has 0 atom stereocenters. The van der Waals surface area contributed by atoms with Gasteiger partial charge in [-0.2, -0.15) is 13.2 Å². The lowest BCUT2D eigenvalue weighted by Crippen LogP contribution is -2.09. The van der Waals surface area contributed by atoms with E-state index in [-0.39, 0.29) is 17.5 Å². The van der Waals surface area contributed by atoms with Crippen molar-refractivity contribution in [3.05, 3.63) is 52.5 Å². The van der Waals surface area contributed by atoms with Crippen LogP contribution in [0.1, 0.15) is 11.1 Å². The fourth-order valence-corrected chi connectivity index (χ4v) is 3.34. The predicted octanol–water partition coefficient (Wildman–Crippen LogP) is 5.72. The Morgan fingerprint density at radius 3 is 2.68 bits per heavy atom. The minimum absolute atomic E-state index is 0.198. The van der Waals surface area contributed by atoms with Crippen molar-refractivity contribution in [3.63, 3.8) is 0 Å². The SMILES string of the molecule is FC(F)(F)c1cc(NC(=S)SCc2ccc3c(c2)OCO3)ccc1Cl. The smallest absolute Gasteiger partial charge is 0.417 e. The van der Waals surface area contributed by atoms with Gasteiger partial charge in [0.2, 0.25) is 6.79 Å². The van der Waals surface area contributed by atoms with Crippen LogP contribution >= 0.6 is 35.6 Å². The van der Waals surface area contributed by atoms with Gasteiger partial charge in [-0.25, -0.2) is 0 Å². The van der Waals surface area contributed by atoms with E-state index in [1.165, 1.54) is 23.9 Å². The lowest BCUT2D eigenvalue weighted by Gasteiger charge is -2.12. The number of benzene rings is 2. The molecule has 0 saturated carbocycles. The molecule has 9 heteroatoms. The first-order valence-electron chi connectivity index (χ1n) is 7.02. The molecular formula is C16H11ClF3NO2S2. The number of thiocarbonyl (C=S) groups is 1. The Labute approximate surface area is 156 Å². The number of hydrogen-bond donors (Lipinski definition) is 1. The Balaban J connectivity index is 1.61. The number of rotatable bonds is 3. The van der Waals surface area contributed by atoms with Gasteiger partial charge in [0.05, 0.1) is 10.6 Å². The van der Waals surface area contributed by atoms with Crippen molar-refractivity contribution < 1.29 is 22.6 Å². The molecule has 3 rings (SSSR count). The summed E-state index contributed by atoms with van der Waals surface area (Å²) in [6.07, 6.45) is -4.52. The number of anilines is 1. The van der Waals surface area contributed by atoms with Crippen molar-refractivity contribution in [1.29, 1.82) is 0 Å². The molecule has 0 unspecified atom stereocenters. The third-order valence-corrected chi connectivity index (χ3v) is 4.95. The van der Waals surface area contributed by atoms with Crippen LogP contribution < -0.4 is 14.8 Å². The Morgan fingerprint density at radius 1 is 1.16 bits per heavy atom. The highest BCUT2D eigenvalue weighted by molar-refractivity contribution is 8.22. The van der Waals surface area contributed by atoms with Gasteiger partial charge in [-0.1, -0.05) is 41.6 Å². The largest absolute Gasteiger partial charge is 0.454 e.